The van der Waals surface area contributed by atoms with Crippen LogP contribution >= 0.6 is 23.1 Å². The molecule has 242 valence electrons. The third-order valence-corrected chi connectivity index (χ3v) is 9.56. The lowest BCUT2D eigenvalue weighted by Crippen LogP contribution is -2.30. The van der Waals surface area contributed by atoms with Gasteiger partial charge in [0.05, 0.1) is 5.69 Å². The first kappa shape index (κ1) is 33.1. The maximum Gasteiger partial charge on any atom is 0.272 e. The van der Waals surface area contributed by atoms with Crippen LogP contribution in [0.15, 0.2) is 155 Å². The summed E-state index contributed by atoms with van der Waals surface area (Å²) in [5.41, 5.74) is 5.65. The van der Waals surface area contributed by atoms with Crippen molar-refractivity contribution >= 4 is 57.7 Å². The van der Waals surface area contributed by atoms with E-state index in [4.69, 9.17) is 0 Å². The van der Waals surface area contributed by atoms with Gasteiger partial charge in [0, 0.05) is 21.5 Å². The van der Waals surface area contributed by atoms with Crippen molar-refractivity contribution in [3.63, 3.8) is 0 Å². The van der Waals surface area contributed by atoms with Crippen molar-refractivity contribution < 1.29 is 14.4 Å². The van der Waals surface area contributed by atoms with E-state index in [1.165, 1.54) is 23.1 Å². The van der Waals surface area contributed by atoms with Gasteiger partial charge < -0.3 is 16.0 Å². The van der Waals surface area contributed by atoms with Gasteiger partial charge in [-0.1, -0.05) is 103 Å². The molecular weight excluding hydrogens is 649 g/mol. The number of carbonyl (C=O) groups is 3. The summed E-state index contributed by atoms with van der Waals surface area (Å²) in [6.45, 7) is 1.88. The first-order valence-corrected chi connectivity index (χ1v) is 17.3. The molecule has 3 amide bonds. The molecule has 0 saturated heterocycles. The number of hydrogen-bond donors (Lipinski definition) is 3. The fraction of sp³-hybridized carbons (Fsp3) is 0.0500. The lowest BCUT2D eigenvalue weighted by Gasteiger charge is -2.17. The molecule has 49 heavy (non-hydrogen) atoms. The molecule has 1 atom stereocenters. The number of aromatic nitrogens is 1. The molecule has 0 fully saturated rings. The van der Waals surface area contributed by atoms with Crippen LogP contribution in [0.2, 0.25) is 0 Å². The number of rotatable bonds is 11. The van der Waals surface area contributed by atoms with Gasteiger partial charge in [0.1, 0.15) is 10.9 Å². The predicted octanol–water partition coefficient (Wildman–Crippen LogP) is 9.00. The van der Waals surface area contributed by atoms with Crippen molar-refractivity contribution in [3.8, 4) is 11.1 Å². The van der Waals surface area contributed by atoms with Crippen LogP contribution in [0.3, 0.4) is 0 Å². The van der Waals surface area contributed by atoms with Gasteiger partial charge in [-0.15, -0.1) is 23.1 Å². The number of carbonyl (C=O) groups excluding carboxylic acids is 3. The highest BCUT2D eigenvalue weighted by Crippen LogP contribution is 2.37. The standard InChI is InChI=1S/C40H32N4O3S2/c1-27-26-48-40(41-27)44-39(47)36(31-13-7-3-8-14-31)49-34-23-21-33(22-24-34)42-38(46)35(43-37(45)32-15-9-4-10-16-32)25-28-17-19-30(20-18-28)29-11-5-2-6-12-29/h2-26,36H,1H3,(H,42,46)(H,43,45)(H,41,44,47)/b35-25-. The van der Waals surface area contributed by atoms with E-state index >= 15 is 0 Å². The molecule has 1 unspecified atom stereocenters. The molecule has 1 aromatic heterocycles. The first-order chi connectivity index (χ1) is 23.9. The Hall–Kier alpha value is -5.77. The largest absolute Gasteiger partial charge is 0.321 e. The van der Waals surface area contributed by atoms with E-state index in [-0.39, 0.29) is 11.6 Å². The minimum atomic E-state index is -0.526. The Morgan fingerprint density at radius 2 is 1.33 bits per heavy atom. The fourth-order valence-corrected chi connectivity index (χ4v) is 6.66. The number of aryl methyl sites for hydroxylation is 1. The Kier molecular flexibility index (Phi) is 10.7. The van der Waals surface area contributed by atoms with Gasteiger partial charge in [0.15, 0.2) is 5.13 Å². The molecule has 3 N–H and O–H groups in total. The number of nitrogens with one attached hydrogen (secondary N) is 3. The molecule has 0 bridgehead atoms. The number of anilines is 2. The lowest BCUT2D eigenvalue weighted by molar-refractivity contribution is -0.116. The van der Waals surface area contributed by atoms with E-state index in [1.54, 1.807) is 42.5 Å². The van der Waals surface area contributed by atoms with E-state index in [1.807, 2.05) is 115 Å². The molecule has 6 rings (SSSR count). The summed E-state index contributed by atoms with van der Waals surface area (Å²) in [6, 6.07) is 43.4. The molecule has 9 heteroatoms. The number of benzene rings is 5. The molecule has 0 radical (unpaired) electrons. The second-order valence-corrected chi connectivity index (χ2v) is 13.1. The average molecular weight is 681 g/mol. The van der Waals surface area contributed by atoms with Gasteiger partial charge in [0.2, 0.25) is 5.91 Å². The highest BCUT2D eigenvalue weighted by molar-refractivity contribution is 8.00. The number of nitrogens with zero attached hydrogens (tertiary/aromatic N) is 1. The maximum atomic E-state index is 13.6. The molecule has 0 aliphatic rings. The van der Waals surface area contributed by atoms with Gasteiger partial charge >= 0.3 is 0 Å². The second kappa shape index (κ2) is 15.9. The zero-order valence-corrected chi connectivity index (χ0v) is 28.1. The highest BCUT2D eigenvalue weighted by atomic mass is 32.2. The highest BCUT2D eigenvalue weighted by Gasteiger charge is 2.23. The summed E-state index contributed by atoms with van der Waals surface area (Å²) in [4.78, 5) is 45.3. The van der Waals surface area contributed by atoms with Crippen molar-refractivity contribution in [2.75, 3.05) is 10.6 Å². The van der Waals surface area contributed by atoms with Crippen molar-refractivity contribution in [1.29, 1.82) is 0 Å². The van der Waals surface area contributed by atoms with Gasteiger partial charge in [-0.25, -0.2) is 4.98 Å². The fourth-order valence-electron chi connectivity index (χ4n) is 4.95. The topological polar surface area (TPSA) is 100 Å². The third kappa shape index (κ3) is 8.98. The minimum Gasteiger partial charge on any atom is -0.321 e. The van der Waals surface area contributed by atoms with E-state index in [0.29, 0.717) is 16.4 Å². The smallest absolute Gasteiger partial charge is 0.272 e. The van der Waals surface area contributed by atoms with Crippen LogP contribution in [-0.4, -0.2) is 22.7 Å². The molecule has 6 aromatic rings. The molecule has 0 aliphatic carbocycles. The Labute approximate surface area is 293 Å². The van der Waals surface area contributed by atoms with Crippen LogP contribution in [0.1, 0.15) is 32.4 Å². The summed E-state index contributed by atoms with van der Waals surface area (Å²) >= 11 is 2.79. The first-order valence-electron chi connectivity index (χ1n) is 15.5. The van der Waals surface area contributed by atoms with Crippen LogP contribution in [0.4, 0.5) is 10.8 Å². The summed E-state index contributed by atoms with van der Waals surface area (Å²) in [5.74, 6) is -1.05. The number of hydrogen-bond acceptors (Lipinski definition) is 6. The Morgan fingerprint density at radius 1 is 0.714 bits per heavy atom. The quantitative estimate of drug-likeness (QED) is 0.0937. The summed E-state index contributed by atoms with van der Waals surface area (Å²) in [6.07, 6.45) is 1.65. The maximum absolute atomic E-state index is 13.6. The number of amides is 3. The average Bonchev–Trinajstić information content (AvgIpc) is 3.56. The zero-order valence-electron chi connectivity index (χ0n) is 26.5. The molecule has 0 spiro atoms. The van der Waals surface area contributed by atoms with E-state index in [9.17, 15) is 14.4 Å². The summed E-state index contributed by atoms with van der Waals surface area (Å²) in [5, 5.41) is 10.6. The zero-order chi connectivity index (χ0) is 34.0. The van der Waals surface area contributed by atoms with E-state index in [2.05, 4.69) is 20.9 Å². The normalized spacial score (nSPS) is 11.7. The lowest BCUT2D eigenvalue weighted by atomic mass is 10.0. The Balaban J connectivity index is 1.19. The number of thioether (sulfide) groups is 1. The minimum absolute atomic E-state index is 0.0954. The Morgan fingerprint density at radius 3 is 1.96 bits per heavy atom. The molecular formula is C40H32N4O3S2. The van der Waals surface area contributed by atoms with Crippen LogP contribution in [0, 0.1) is 6.92 Å². The second-order valence-electron chi connectivity index (χ2n) is 11.0. The van der Waals surface area contributed by atoms with E-state index < -0.39 is 17.1 Å². The van der Waals surface area contributed by atoms with Gasteiger partial charge in [-0.05, 0) is 71.7 Å². The van der Waals surface area contributed by atoms with Crippen molar-refractivity contribution in [1.82, 2.24) is 10.3 Å². The molecule has 5 aromatic carbocycles. The van der Waals surface area contributed by atoms with Crippen LogP contribution in [-0.2, 0) is 9.59 Å². The Bertz CT molecular complexity index is 2060. The predicted molar refractivity (Wildman–Crippen MR) is 199 cm³/mol. The van der Waals surface area contributed by atoms with Crippen LogP contribution in [0.5, 0.6) is 0 Å². The molecule has 7 nitrogen and oxygen atoms in total. The van der Waals surface area contributed by atoms with Crippen molar-refractivity contribution in [2.24, 2.45) is 0 Å². The molecule has 0 saturated carbocycles. The van der Waals surface area contributed by atoms with Crippen molar-refractivity contribution in [2.45, 2.75) is 17.1 Å². The monoisotopic (exact) mass is 680 g/mol. The summed E-state index contributed by atoms with van der Waals surface area (Å²) in [7, 11) is 0. The SMILES string of the molecule is Cc1csc(NC(=O)C(Sc2ccc(NC(=O)/C(=C/c3ccc(-c4ccccc4)cc3)NC(=O)c3ccccc3)cc2)c2ccccc2)n1. The van der Waals surface area contributed by atoms with Crippen LogP contribution in [0.25, 0.3) is 17.2 Å². The van der Waals surface area contributed by atoms with Crippen molar-refractivity contribution in [3.05, 3.63) is 173 Å². The van der Waals surface area contributed by atoms with Gasteiger partial charge in [-0.3, -0.25) is 14.4 Å². The number of thiazole rings is 1. The summed E-state index contributed by atoms with van der Waals surface area (Å²) < 4.78 is 0. The molecule has 1 heterocycles. The van der Waals surface area contributed by atoms with Crippen LogP contribution < -0.4 is 16.0 Å². The van der Waals surface area contributed by atoms with Gasteiger partial charge in [0.25, 0.3) is 11.8 Å². The van der Waals surface area contributed by atoms with E-state index in [0.717, 1.165) is 32.8 Å². The van der Waals surface area contributed by atoms with Gasteiger partial charge in [-0.2, -0.15) is 0 Å². The third-order valence-electron chi connectivity index (χ3n) is 7.41. The molecule has 0 aliphatic heterocycles.